The van der Waals surface area contributed by atoms with Crippen molar-refractivity contribution < 1.29 is 0 Å². The number of piperazine rings is 1. The highest BCUT2D eigenvalue weighted by Gasteiger charge is 2.19. The third-order valence-electron chi connectivity index (χ3n) is 3.98. The Morgan fingerprint density at radius 2 is 1.72 bits per heavy atom. The molecule has 2 N–H and O–H groups in total. The number of nitrogens with two attached hydrogens (primary N) is 1. The fourth-order valence-electron chi connectivity index (χ4n) is 2.55. The molecule has 1 heterocycles. The third-order valence-corrected chi connectivity index (χ3v) is 3.98. The lowest BCUT2D eigenvalue weighted by Crippen LogP contribution is -2.45. The average Bonchev–Trinajstić information content (AvgIpc) is 2.40. The summed E-state index contributed by atoms with van der Waals surface area (Å²) >= 11 is 0. The number of hydrogen-bond acceptors (Lipinski definition) is 3. The summed E-state index contributed by atoms with van der Waals surface area (Å²) in [6.45, 7) is 7.73. The molecule has 0 amide bonds. The van der Waals surface area contributed by atoms with Crippen molar-refractivity contribution in [3.63, 3.8) is 0 Å². The molecule has 1 aliphatic heterocycles. The number of likely N-dealkylation sites (N-methyl/N-ethyl adjacent to an activating group) is 1. The van der Waals surface area contributed by atoms with Crippen LogP contribution < -0.4 is 5.73 Å². The second-order valence-corrected chi connectivity index (χ2v) is 5.30. The standard InChI is InChI=1S/C15H25N3/c1-13(18-11-9-17(2)10-12-18)15-5-3-14(4-6-15)7-8-16/h3-6,13H,7-12,16H2,1-2H3. The first kappa shape index (κ1) is 13.5. The summed E-state index contributed by atoms with van der Waals surface area (Å²) in [5, 5.41) is 0. The highest BCUT2D eigenvalue weighted by atomic mass is 15.3. The van der Waals surface area contributed by atoms with E-state index >= 15 is 0 Å². The molecule has 1 unspecified atom stereocenters. The predicted molar refractivity (Wildman–Crippen MR) is 76.7 cm³/mol. The van der Waals surface area contributed by atoms with Crippen LogP contribution in [0.5, 0.6) is 0 Å². The topological polar surface area (TPSA) is 32.5 Å². The van der Waals surface area contributed by atoms with Crippen molar-refractivity contribution in [1.29, 1.82) is 0 Å². The first-order valence-electron chi connectivity index (χ1n) is 6.92. The summed E-state index contributed by atoms with van der Waals surface area (Å²) in [5.74, 6) is 0. The molecule has 3 heteroatoms. The monoisotopic (exact) mass is 247 g/mol. The lowest BCUT2D eigenvalue weighted by molar-refractivity contribution is 0.119. The molecule has 0 bridgehead atoms. The van der Waals surface area contributed by atoms with Crippen molar-refractivity contribution in [2.24, 2.45) is 5.73 Å². The van der Waals surface area contributed by atoms with Gasteiger partial charge in [0.15, 0.2) is 0 Å². The Bertz CT molecular complexity index is 353. The lowest BCUT2D eigenvalue weighted by Gasteiger charge is -2.36. The van der Waals surface area contributed by atoms with E-state index in [2.05, 4.69) is 48.0 Å². The van der Waals surface area contributed by atoms with Gasteiger partial charge in [-0.3, -0.25) is 4.90 Å². The Hall–Kier alpha value is -0.900. The van der Waals surface area contributed by atoms with Gasteiger partial charge in [-0.15, -0.1) is 0 Å². The van der Waals surface area contributed by atoms with Crippen LogP contribution in [0.1, 0.15) is 24.1 Å². The summed E-state index contributed by atoms with van der Waals surface area (Å²) in [7, 11) is 2.20. The van der Waals surface area contributed by atoms with Crippen LogP contribution in [0.2, 0.25) is 0 Å². The summed E-state index contributed by atoms with van der Waals surface area (Å²) in [4.78, 5) is 4.96. The molecular formula is C15H25N3. The molecule has 1 fully saturated rings. The molecule has 1 aliphatic rings. The van der Waals surface area contributed by atoms with Gasteiger partial charge in [0, 0.05) is 32.2 Å². The molecule has 0 saturated carbocycles. The van der Waals surface area contributed by atoms with E-state index in [1.807, 2.05) is 0 Å². The Morgan fingerprint density at radius 3 is 2.28 bits per heavy atom. The van der Waals surface area contributed by atoms with Gasteiger partial charge in [-0.1, -0.05) is 24.3 Å². The zero-order valence-electron chi connectivity index (χ0n) is 11.6. The number of hydrogen-bond donors (Lipinski definition) is 1. The van der Waals surface area contributed by atoms with Gasteiger partial charge in [0.2, 0.25) is 0 Å². The molecule has 1 aromatic rings. The van der Waals surface area contributed by atoms with E-state index in [4.69, 9.17) is 5.73 Å². The van der Waals surface area contributed by atoms with Gasteiger partial charge < -0.3 is 10.6 Å². The van der Waals surface area contributed by atoms with Crippen LogP contribution in [0, 0.1) is 0 Å². The Morgan fingerprint density at radius 1 is 1.11 bits per heavy atom. The molecular weight excluding hydrogens is 222 g/mol. The number of rotatable bonds is 4. The largest absolute Gasteiger partial charge is 0.330 e. The van der Waals surface area contributed by atoms with Gasteiger partial charge in [-0.25, -0.2) is 0 Å². The minimum Gasteiger partial charge on any atom is -0.330 e. The zero-order valence-corrected chi connectivity index (χ0v) is 11.6. The molecule has 3 nitrogen and oxygen atoms in total. The second kappa shape index (κ2) is 6.32. The van der Waals surface area contributed by atoms with Crippen molar-refractivity contribution in [3.05, 3.63) is 35.4 Å². The lowest BCUT2D eigenvalue weighted by atomic mass is 10.0. The third kappa shape index (κ3) is 3.31. The highest BCUT2D eigenvalue weighted by Crippen LogP contribution is 2.21. The molecule has 1 aromatic carbocycles. The molecule has 2 rings (SSSR count). The van der Waals surface area contributed by atoms with Crippen molar-refractivity contribution in [3.8, 4) is 0 Å². The van der Waals surface area contributed by atoms with Gasteiger partial charge in [0.05, 0.1) is 0 Å². The average molecular weight is 247 g/mol. The van der Waals surface area contributed by atoms with Crippen LogP contribution in [0.4, 0.5) is 0 Å². The SMILES string of the molecule is CC(c1ccc(CCN)cc1)N1CCN(C)CC1. The maximum Gasteiger partial charge on any atom is 0.0320 e. The summed E-state index contributed by atoms with van der Waals surface area (Å²) in [6, 6.07) is 9.47. The van der Waals surface area contributed by atoms with E-state index in [1.54, 1.807) is 0 Å². The maximum atomic E-state index is 5.58. The van der Waals surface area contributed by atoms with E-state index in [1.165, 1.54) is 37.3 Å². The molecule has 1 saturated heterocycles. The Kier molecular flexibility index (Phi) is 4.75. The Balaban J connectivity index is 1.97. The second-order valence-electron chi connectivity index (χ2n) is 5.30. The minimum absolute atomic E-state index is 0.519. The normalized spacial score (nSPS) is 19.9. The number of benzene rings is 1. The zero-order chi connectivity index (χ0) is 13.0. The van der Waals surface area contributed by atoms with Gasteiger partial charge in [-0.05, 0) is 38.1 Å². The van der Waals surface area contributed by atoms with E-state index in [-0.39, 0.29) is 0 Å². The smallest absolute Gasteiger partial charge is 0.0320 e. The maximum absolute atomic E-state index is 5.58. The van der Waals surface area contributed by atoms with Crippen molar-refractivity contribution in [1.82, 2.24) is 9.80 Å². The van der Waals surface area contributed by atoms with Crippen LogP contribution in [0.25, 0.3) is 0 Å². The van der Waals surface area contributed by atoms with Gasteiger partial charge in [0.25, 0.3) is 0 Å². The molecule has 0 spiro atoms. The summed E-state index contributed by atoms with van der Waals surface area (Å²) < 4.78 is 0. The summed E-state index contributed by atoms with van der Waals surface area (Å²) in [6.07, 6.45) is 0.975. The van der Waals surface area contributed by atoms with E-state index < -0.39 is 0 Å². The van der Waals surface area contributed by atoms with Crippen molar-refractivity contribution in [2.45, 2.75) is 19.4 Å². The van der Waals surface area contributed by atoms with Crippen molar-refractivity contribution in [2.75, 3.05) is 39.8 Å². The minimum atomic E-state index is 0.519. The van der Waals surface area contributed by atoms with E-state index in [9.17, 15) is 0 Å². The predicted octanol–water partition coefficient (Wildman–Crippen LogP) is 1.50. The van der Waals surface area contributed by atoms with Gasteiger partial charge in [-0.2, -0.15) is 0 Å². The molecule has 100 valence electrons. The van der Waals surface area contributed by atoms with Crippen LogP contribution in [-0.2, 0) is 6.42 Å². The van der Waals surface area contributed by atoms with E-state index in [0.717, 1.165) is 13.0 Å². The molecule has 18 heavy (non-hydrogen) atoms. The first-order chi connectivity index (χ1) is 8.70. The fraction of sp³-hybridized carbons (Fsp3) is 0.600. The van der Waals surface area contributed by atoms with Crippen LogP contribution in [-0.4, -0.2) is 49.6 Å². The highest BCUT2D eigenvalue weighted by molar-refractivity contribution is 5.25. The molecule has 0 radical (unpaired) electrons. The van der Waals surface area contributed by atoms with Crippen LogP contribution in [0.15, 0.2) is 24.3 Å². The Labute approximate surface area is 111 Å². The quantitative estimate of drug-likeness (QED) is 0.875. The molecule has 0 aliphatic carbocycles. The first-order valence-corrected chi connectivity index (χ1v) is 6.92. The molecule has 1 atom stereocenters. The van der Waals surface area contributed by atoms with Crippen LogP contribution in [0.3, 0.4) is 0 Å². The van der Waals surface area contributed by atoms with Gasteiger partial charge in [0.1, 0.15) is 0 Å². The van der Waals surface area contributed by atoms with Crippen LogP contribution >= 0.6 is 0 Å². The van der Waals surface area contributed by atoms with Crippen molar-refractivity contribution >= 4 is 0 Å². The van der Waals surface area contributed by atoms with Gasteiger partial charge >= 0.3 is 0 Å². The number of nitrogens with zero attached hydrogens (tertiary/aromatic N) is 2. The summed E-state index contributed by atoms with van der Waals surface area (Å²) in [5.41, 5.74) is 8.33. The fourth-order valence-corrected chi connectivity index (χ4v) is 2.55. The molecule has 0 aromatic heterocycles. The van der Waals surface area contributed by atoms with E-state index in [0.29, 0.717) is 6.04 Å².